The van der Waals surface area contributed by atoms with Gasteiger partial charge in [-0.15, -0.1) is 24.8 Å². The van der Waals surface area contributed by atoms with E-state index in [1.165, 1.54) is 0 Å². The van der Waals surface area contributed by atoms with Gasteiger partial charge in [0.1, 0.15) is 11.3 Å². The summed E-state index contributed by atoms with van der Waals surface area (Å²) in [4.78, 5) is 28.9. The minimum atomic E-state index is -0.590. The van der Waals surface area contributed by atoms with Crippen LogP contribution in [0.3, 0.4) is 0 Å². The Morgan fingerprint density at radius 3 is 2.65 bits per heavy atom. The minimum Gasteiger partial charge on any atom is -0.427 e. The zero-order chi connectivity index (χ0) is 17.1. The van der Waals surface area contributed by atoms with E-state index in [0.717, 1.165) is 31.6 Å². The summed E-state index contributed by atoms with van der Waals surface area (Å²) in [5, 5.41) is 5.99. The Balaban J connectivity index is 0.00000169. The molecule has 6 nitrogen and oxygen atoms in total. The van der Waals surface area contributed by atoms with Crippen LogP contribution in [0.15, 0.2) is 33.6 Å². The summed E-state index contributed by atoms with van der Waals surface area (Å²) in [5.74, 6) is 0.363. The van der Waals surface area contributed by atoms with Gasteiger partial charge in [-0.1, -0.05) is 0 Å². The number of hydrogen-bond donors (Lipinski definition) is 2. The van der Waals surface area contributed by atoms with Gasteiger partial charge in [0, 0.05) is 18.2 Å². The van der Waals surface area contributed by atoms with Gasteiger partial charge in [-0.05, 0) is 57.0 Å². The molecular formula is C18H23Cl2N3O3. The van der Waals surface area contributed by atoms with E-state index in [4.69, 9.17) is 4.42 Å². The number of piperidine rings is 1. The lowest BCUT2D eigenvalue weighted by Crippen LogP contribution is -2.30. The maximum atomic E-state index is 12.4. The Bertz CT molecular complexity index is 800. The zero-order valence-corrected chi connectivity index (χ0v) is 16.3. The molecule has 8 heteroatoms. The third-order valence-corrected chi connectivity index (χ3v) is 4.26. The highest BCUT2D eigenvalue weighted by molar-refractivity contribution is 6.04. The number of amides is 1. The van der Waals surface area contributed by atoms with Crippen LogP contribution in [0.2, 0.25) is 0 Å². The topological polar surface area (TPSA) is 84.2 Å². The molecule has 2 N–H and O–H groups in total. The molecule has 0 spiro atoms. The van der Waals surface area contributed by atoms with Crippen molar-refractivity contribution in [3.63, 3.8) is 0 Å². The second kappa shape index (κ2) is 9.71. The van der Waals surface area contributed by atoms with Gasteiger partial charge in [-0.25, -0.2) is 4.79 Å². The number of aromatic nitrogens is 1. The Hall–Kier alpha value is -1.89. The molecule has 1 unspecified atom stereocenters. The van der Waals surface area contributed by atoms with Gasteiger partial charge in [-0.3, -0.25) is 9.78 Å². The monoisotopic (exact) mass is 399 g/mol. The normalized spacial score (nSPS) is 16.2. The molecule has 1 amide bonds. The van der Waals surface area contributed by atoms with Crippen LogP contribution in [0.1, 0.15) is 46.1 Å². The summed E-state index contributed by atoms with van der Waals surface area (Å²) in [6.45, 7) is 5.41. The fraction of sp³-hybridized carbons (Fsp3) is 0.389. The molecule has 1 fully saturated rings. The molecule has 1 aliphatic rings. The first-order chi connectivity index (χ1) is 11.5. The van der Waals surface area contributed by atoms with E-state index in [1.807, 2.05) is 6.92 Å². The summed E-state index contributed by atoms with van der Waals surface area (Å²) in [6, 6.07) is 5.35. The van der Waals surface area contributed by atoms with Crippen LogP contribution >= 0.6 is 24.8 Å². The van der Waals surface area contributed by atoms with E-state index in [2.05, 4.69) is 15.6 Å². The van der Waals surface area contributed by atoms with Crippen LogP contribution < -0.4 is 16.3 Å². The van der Waals surface area contributed by atoms with E-state index in [0.29, 0.717) is 17.0 Å². The van der Waals surface area contributed by atoms with Crippen molar-refractivity contribution in [2.45, 2.75) is 32.6 Å². The highest BCUT2D eigenvalue weighted by Crippen LogP contribution is 2.23. The minimum absolute atomic E-state index is 0. The number of nitrogens with zero attached hydrogens (tertiary/aromatic N) is 1. The van der Waals surface area contributed by atoms with Gasteiger partial charge in [0.15, 0.2) is 0 Å². The standard InChI is InChI=1S/C18H21N3O3.2ClH/c1-11-8-15(13-4-3-7-19-9-13)24-18(23)16(11)17(22)21-14-6-5-12(2)20-10-14;;/h5-6,8,10,13,19H,3-4,7,9H2,1-2H3,(H,21,22);2*1H. The SMILES string of the molecule is Cc1ccc(NC(=O)c2c(C)cc(C3CCCNC3)oc2=O)cn1.Cl.Cl. The van der Waals surface area contributed by atoms with E-state index in [9.17, 15) is 9.59 Å². The number of carbonyl (C=O) groups excluding carboxylic acids is 1. The van der Waals surface area contributed by atoms with Crippen molar-refractivity contribution in [2.75, 3.05) is 18.4 Å². The summed E-state index contributed by atoms with van der Waals surface area (Å²) in [6.07, 6.45) is 3.60. The molecule has 2 aromatic rings. The lowest BCUT2D eigenvalue weighted by atomic mass is 9.95. The Kier molecular flexibility index (Phi) is 8.27. The van der Waals surface area contributed by atoms with Crippen LogP contribution in [0, 0.1) is 13.8 Å². The number of halogens is 2. The molecule has 0 bridgehead atoms. The molecule has 2 aromatic heterocycles. The van der Waals surface area contributed by atoms with Crippen molar-refractivity contribution in [3.05, 3.63) is 57.4 Å². The van der Waals surface area contributed by atoms with E-state index >= 15 is 0 Å². The van der Waals surface area contributed by atoms with Crippen molar-refractivity contribution in [2.24, 2.45) is 0 Å². The van der Waals surface area contributed by atoms with Crippen molar-refractivity contribution >= 4 is 36.4 Å². The fourth-order valence-electron chi connectivity index (χ4n) is 2.94. The average molecular weight is 400 g/mol. The first-order valence-electron chi connectivity index (χ1n) is 8.14. The van der Waals surface area contributed by atoms with E-state index < -0.39 is 11.5 Å². The summed E-state index contributed by atoms with van der Waals surface area (Å²) in [5.41, 5.74) is 1.49. The van der Waals surface area contributed by atoms with Crippen LogP contribution in [-0.2, 0) is 0 Å². The average Bonchev–Trinajstić information content (AvgIpc) is 2.57. The molecule has 1 aliphatic heterocycles. The molecule has 1 saturated heterocycles. The largest absolute Gasteiger partial charge is 0.427 e. The smallest absolute Gasteiger partial charge is 0.349 e. The number of anilines is 1. The highest BCUT2D eigenvalue weighted by Gasteiger charge is 2.22. The van der Waals surface area contributed by atoms with Crippen LogP contribution in [0.25, 0.3) is 0 Å². The number of pyridine rings is 1. The van der Waals surface area contributed by atoms with Gasteiger partial charge in [0.05, 0.1) is 11.9 Å². The maximum Gasteiger partial charge on any atom is 0.349 e. The van der Waals surface area contributed by atoms with Crippen molar-refractivity contribution < 1.29 is 9.21 Å². The molecule has 0 radical (unpaired) electrons. The lowest BCUT2D eigenvalue weighted by molar-refractivity contribution is 0.102. The molecule has 1 atom stereocenters. The second-order valence-electron chi connectivity index (χ2n) is 6.18. The van der Waals surface area contributed by atoms with E-state index in [1.54, 1.807) is 31.3 Å². The Morgan fingerprint density at radius 2 is 2.08 bits per heavy atom. The number of nitrogens with one attached hydrogen (secondary N) is 2. The Morgan fingerprint density at radius 1 is 1.31 bits per heavy atom. The molecule has 3 rings (SSSR count). The third-order valence-electron chi connectivity index (χ3n) is 4.26. The van der Waals surface area contributed by atoms with Crippen molar-refractivity contribution in [3.8, 4) is 0 Å². The lowest BCUT2D eigenvalue weighted by Gasteiger charge is -2.22. The summed E-state index contributed by atoms with van der Waals surface area (Å²) in [7, 11) is 0. The molecule has 26 heavy (non-hydrogen) atoms. The van der Waals surface area contributed by atoms with E-state index in [-0.39, 0.29) is 36.3 Å². The molecule has 0 saturated carbocycles. The van der Waals surface area contributed by atoms with Gasteiger partial charge >= 0.3 is 5.63 Å². The maximum absolute atomic E-state index is 12.4. The van der Waals surface area contributed by atoms with Gasteiger partial charge in [0.25, 0.3) is 5.91 Å². The van der Waals surface area contributed by atoms with Crippen LogP contribution in [-0.4, -0.2) is 24.0 Å². The Labute approximate surface area is 164 Å². The molecule has 142 valence electrons. The second-order valence-corrected chi connectivity index (χ2v) is 6.18. The first kappa shape index (κ1) is 22.2. The van der Waals surface area contributed by atoms with Gasteiger partial charge in [-0.2, -0.15) is 0 Å². The number of aryl methyl sites for hydroxylation is 2. The van der Waals surface area contributed by atoms with Crippen LogP contribution in [0.5, 0.6) is 0 Å². The number of hydrogen-bond acceptors (Lipinski definition) is 5. The molecular weight excluding hydrogens is 377 g/mol. The molecule has 3 heterocycles. The summed E-state index contributed by atoms with van der Waals surface area (Å²) < 4.78 is 5.43. The first-order valence-corrected chi connectivity index (χ1v) is 8.14. The predicted octanol–water partition coefficient (Wildman–Crippen LogP) is 3.21. The molecule has 0 aromatic carbocycles. The number of carbonyl (C=O) groups is 1. The highest BCUT2D eigenvalue weighted by atomic mass is 35.5. The fourth-order valence-corrected chi connectivity index (χ4v) is 2.94. The molecule has 0 aliphatic carbocycles. The number of rotatable bonds is 3. The van der Waals surface area contributed by atoms with Gasteiger partial charge < -0.3 is 15.1 Å². The van der Waals surface area contributed by atoms with Gasteiger partial charge in [0.2, 0.25) is 0 Å². The van der Waals surface area contributed by atoms with Crippen molar-refractivity contribution in [1.29, 1.82) is 0 Å². The zero-order valence-electron chi connectivity index (χ0n) is 14.7. The van der Waals surface area contributed by atoms with Crippen molar-refractivity contribution in [1.82, 2.24) is 10.3 Å². The quantitative estimate of drug-likeness (QED) is 0.827. The van der Waals surface area contributed by atoms with Crippen LogP contribution in [0.4, 0.5) is 5.69 Å². The summed E-state index contributed by atoms with van der Waals surface area (Å²) >= 11 is 0. The predicted molar refractivity (Wildman–Crippen MR) is 106 cm³/mol. The third kappa shape index (κ3) is 5.06.